The molecular formula is C20H24FN3O4. The molecule has 150 valence electrons. The molecule has 7 nitrogen and oxygen atoms in total. The number of amides is 3. The Kier molecular flexibility index (Phi) is 4.50. The lowest BCUT2D eigenvalue weighted by molar-refractivity contribution is -0.143. The number of anilines is 1. The molecule has 3 amide bonds. The van der Waals surface area contributed by atoms with Crippen molar-refractivity contribution in [1.82, 2.24) is 10.2 Å². The van der Waals surface area contributed by atoms with Crippen LogP contribution in [0.5, 0.6) is 0 Å². The van der Waals surface area contributed by atoms with Gasteiger partial charge in [0.2, 0.25) is 17.7 Å². The Balaban J connectivity index is 1.81. The zero-order valence-corrected chi connectivity index (χ0v) is 16.1. The number of rotatable bonds is 5. The second-order valence-corrected chi connectivity index (χ2v) is 8.04. The van der Waals surface area contributed by atoms with Crippen LogP contribution in [-0.4, -0.2) is 48.9 Å². The normalized spacial score (nSPS) is 31.1. The molecule has 1 spiro atoms. The summed E-state index contributed by atoms with van der Waals surface area (Å²) in [4.78, 5) is 40.8. The maximum Gasteiger partial charge on any atom is 0.250 e. The zero-order chi connectivity index (χ0) is 20.2. The lowest BCUT2D eigenvalue weighted by atomic mass is 9.76. The van der Waals surface area contributed by atoms with Gasteiger partial charge in [0.1, 0.15) is 11.4 Å². The number of ether oxygens (including phenoxy) is 1. The second-order valence-electron chi connectivity index (χ2n) is 8.04. The van der Waals surface area contributed by atoms with Gasteiger partial charge in [0.15, 0.2) is 0 Å². The summed E-state index contributed by atoms with van der Waals surface area (Å²) in [6.07, 6.45) is 0.525. The predicted octanol–water partition coefficient (Wildman–Crippen LogP) is 1.24. The topological polar surface area (TPSA) is 87.7 Å². The van der Waals surface area contributed by atoms with E-state index in [0.29, 0.717) is 24.3 Å². The summed E-state index contributed by atoms with van der Waals surface area (Å²) in [6, 6.07) is 3.68. The van der Waals surface area contributed by atoms with Crippen LogP contribution in [0.15, 0.2) is 18.2 Å². The maximum absolute atomic E-state index is 14.0. The largest absolute Gasteiger partial charge is 0.385 e. The highest BCUT2D eigenvalue weighted by Crippen LogP contribution is 2.53. The van der Waals surface area contributed by atoms with Crippen LogP contribution >= 0.6 is 0 Å². The number of methoxy groups -OCH3 is 1. The third-order valence-electron chi connectivity index (χ3n) is 6.15. The van der Waals surface area contributed by atoms with Crippen molar-refractivity contribution in [2.24, 2.45) is 17.8 Å². The summed E-state index contributed by atoms with van der Waals surface area (Å²) in [6.45, 7) is 4.56. The molecule has 0 bridgehead atoms. The van der Waals surface area contributed by atoms with Crippen LogP contribution in [0.2, 0.25) is 0 Å². The average Bonchev–Trinajstić information content (AvgIpc) is 3.23. The van der Waals surface area contributed by atoms with Gasteiger partial charge < -0.3 is 10.1 Å². The molecule has 3 aliphatic rings. The summed E-state index contributed by atoms with van der Waals surface area (Å²) >= 11 is 0. The maximum atomic E-state index is 14.0. The number of fused-ring (bicyclic) bond motifs is 4. The SMILES string of the molecule is COCCCN1C(=O)[C@@H]2C(C(C)C)NC3(C(=O)Nc4ccc(F)cc43)[C@@H]2C1=O. The van der Waals surface area contributed by atoms with Crippen molar-refractivity contribution >= 4 is 23.4 Å². The van der Waals surface area contributed by atoms with Crippen LogP contribution in [-0.2, 0) is 24.7 Å². The second kappa shape index (κ2) is 6.63. The lowest BCUT2D eigenvalue weighted by Gasteiger charge is -2.30. The first-order valence-corrected chi connectivity index (χ1v) is 9.56. The van der Waals surface area contributed by atoms with E-state index in [0.717, 1.165) is 0 Å². The number of benzene rings is 1. The molecule has 1 aromatic rings. The van der Waals surface area contributed by atoms with Crippen molar-refractivity contribution in [2.45, 2.75) is 31.8 Å². The number of carbonyl (C=O) groups is 3. The average molecular weight is 389 g/mol. The third-order valence-corrected chi connectivity index (χ3v) is 6.15. The van der Waals surface area contributed by atoms with E-state index < -0.39 is 29.1 Å². The first kappa shape index (κ1) is 19.0. The highest BCUT2D eigenvalue weighted by molar-refractivity contribution is 6.15. The molecule has 4 atom stereocenters. The summed E-state index contributed by atoms with van der Waals surface area (Å²) in [5.74, 6) is -3.09. The van der Waals surface area contributed by atoms with Crippen LogP contribution in [0.3, 0.4) is 0 Å². The fourth-order valence-electron chi connectivity index (χ4n) is 4.93. The van der Waals surface area contributed by atoms with E-state index in [9.17, 15) is 18.8 Å². The summed E-state index contributed by atoms with van der Waals surface area (Å²) in [5.41, 5.74) is -0.560. The lowest BCUT2D eigenvalue weighted by Crippen LogP contribution is -2.54. The summed E-state index contributed by atoms with van der Waals surface area (Å²) in [5, 5.41) is 6.04. The molecule has 1 aromatic carbocycles. The van der Waals surface area contributed by atoms with Gasteiger partial charge in [0.05, 0.1) is 11.8 Å². The van der Waals surface area contributed by atoms with E-state index in [1.54, 1.807) is 7.11 Å². The first-order chi connectivity index (χ1) is 13.3. The molecule has 0 aliphatic carbocycles. The van der Waals surface area contributed by atoms with Crippen LogP contribution in [0.4, 0.5) is 10.1 Å². The summed E-state index contributed by atoms with van der Waals surface area (Å²) in [7, 11) is 1.56. The minimum Gasteiger partial charge on any atom is -0.385 e. The van der Waals surface area contributed by atoms with Crippen LogP contribution in [0.25, 0.3) is 0 Å². The van der Waals surface area contributed by atoms with E-state index in [2.05, 4.69) is 10.6 Å². The van der Waals surface area contributed by atoms with E-state index in [1.807, 2.05) is 13.8 Å². The first-order valence-electron chi connectivity index (χ1n) is 9.56. The third kappa shape index (κ3) is 2.44. The van der Waals surface area contributed by atoms with Crippen LogP contribution in [0.1, 0.15) is 25.8 Å². The Labute approximate surface area is 162 Å². The van der Waals surface area contributed by atoms with Gasteiger partial charge in [-0.2, -0.15) is 0 Å². The molecule has 2 saturated heterocycles. The van der Waals surface area contributed by atoms with Gasteiger partial charge >= 0.3 is 0 Å². The fraction of sp³-hybridized carbons (Fsp3) is 0.550. The van der Waals surface area contributed by atoms with Crippen LogP contribution < -0.4 is 10.6 Å². The molecule has 3 heterocycles. The smallest absolute Gasteiger partial charge is 0.250 e. The molecule has 8 heteroatoms. The minimum absolute atomic E-state index is 0.00737. The Bertz CT molecular complexity index is 858. The monoisotopic (exact) mass is 389 g/mol. The van der Waals surface area contributed by atoms with E-state index in [-0.39, 0.29) is 30.3 Å². The van der Waals surface area contributed by atoms with Gasteiger partial charge in [0.25, 0.3) is 0 Å². The molecule has 4 rings (SSSR count). The highest BCUT2D eigenvalue weighted by Gasteiger charge is 2.70. The van der Waals surface area contributed by atoms with E-state index in [4.69, 9.17) is 4.74 Å². The van der Waals surface area contributed by atoms with Gasteiger partial charge in [-0.05, 0) is 30.5 Å². The molecule has 2 unspecified atom stereocenters. The number of hydrogen-bond acceptors (Lipinski definition) is 5. The van der Waals surface area contributed by atoms with Gasteiger partial charge in [-0.15, -0.1) is 0 Å². The van der Waals surface area contributed by atoms with Gasteiger partial charge in [-0.3, -0.25) is 24.6 Å². The number of halogens is 1. The fourth-order valence-corrected chi connectivity index (χ4v) is 4.93. The van der Waals surface area contributed by atoms with Gasteiger partial charge in [-0.1, -0.05) is 13.8 Å². The number of hydrogen-bond donors (Lipinski definition) is 2. The van der Waals surface area contributed by atoms with Gasteiger partial charge in [0, 0.05) is 37.6 Å². The van der Waals surface area contributed by atoms with Gasteiger partial charge in [-0.25, -0.2) is 4.39 Å². The zero-order valence-electron chi connectivity index (χ0n) is 16.1. The molecule has 2 fully saturated rings. The molecule has 28 heavy (non-hydrogen) atoms. The van der Waals surface area contributed by atoms with Crippen molar-refractivity contribution < 1.29 is 23.5 Å². The van der Waals surface area contributed by atoms with E-state index >= 15 is 0 Å². The molecule has 0 saturated carbocycles. The molecular weight excluding hydrogens is 365 g/mol. The van der Waals surface area contributed by atoms with Crippen molar-refractivity contribution in [1.29, 1.82) is 0 Å². The Morgan fingerprint density at radius 1 is 1.25 bits per heavy atom. The van der Waals surface area contributed by atoms with E-state index in [1.165, 1.54) is 23.1 Å². The number of carbonyl (C=O) groups excluding carboxylic acids is 3. The Hall–Kier alpha value is -2.32. The van der Waals surface area contributed by atoms with Crippen LogP contribution in [0, 0.1) is 23.6 Å². The molecule has 2 N–H and O–H groups in total. The van der Waals surface area contributed by atoms with Crippen molar-refractivity contribution in [3.8, 4) is 0 Å². The molecule has 0 radical (unpaired) electrons. The molecule has 3 aliphatic heterocycles. The number of likely N-dealkylation sites (tertiary alicyclic amines) is 1. The Morgan fingerprint density at radius 2 is 2.00 bits per heavy atom. The quantitative estimate of drug-likeness (QED) is 0.584. The highest BCUT2D eigenvalue weighted by atomic mass is 19.1. The van der Waals surface area contributed by atoms with Crippen molar-refractivity contribution in [3.05, 3.63) is 29.6 Å². The number of imide groups is 1. The summed E-state index contributed by atoms with van der Waals surface area (Å²) < 4.78 is 19.1. The minimum atomic E-state index is -1.43. The van der Waals surface area contributed by atoms with Crippen molar-refractivity contribution in [2.75, 3.05) is 25.6 Å². The van der Waals surface area contributed by atoms with Crippen molar-refractivity contribution in [3.63, 3.8) is 0 Å². The number of nitrogens with zero attached hydrogens (tertiary/aromatic N) is 1. The molecule has 0 aromatic heterocycles. The Morgan fingerprint density at radius 3 is 2.68 bits per heavy atom. The standard InChI is InChI=1S/C20H24FN3O4/c1-10(2)16-14-15(18(26)24(17(14)25)7-4-8-28-3)20(23-16)12-9-11(21)5-6-13(12)22-19(20)27/h5-6,9-10,14-16,23H,4,7-8H2,1-3H3,(H,22,27)/t14-,15-,16?,20?/m0/s1. The number of nitrogens with one attached hydrogen (secondary N) is 2. The predicted molar refractivity (Wildman–Crippen MR) is 98.7 cm³/mol.